The zero-order chi connectivity index (χ0) is 12.4. The van der Waals surface area contributed by atoms with Gasteiger partial charge >= 0.3 is 0 Å². The maximum Gasteiger partial charge on any atom is 0.234 e. The lowest BCUT2D eigenvalue weighted by molar-refractivity contribution is -0.122. The summed E-state index contributed by atoms with van der Waals surface area (Å²) in [5.41, 5.74) is 5.64. The van der Waals surface area contributed by atoms with E-state index in [9.17, 15) is 4.79 Å². The molecule has 0 aliphatic carbocycles. The fourth-order valence-electron chi connectivity index (χ4n) is 1.25. The number of hydrogen-bond acceptors (Lipinski definition) is 4. The predicted molar refractivity (Wildman–Crippen MR) is 65.3 cm³/mol. The molecule has 0 aliphatic heterocycles. The maximum absolute atomic E-state index is 11.4. The van der Waals surface area contributed by atoms with Crippen molar-refractivity contribution in [2.75, 3.05) is 40.4 Å². The van der Waals surface area contributed by atoms with E-state index in [1.165, 1.54) is 0 Å². The summed E-state index contributed by atoms with van der Waals surface area (Å²) < 4.78 is 4.89. The molecule has 1 amide bonds. The number of methoxy groups -OCH3 is 1. The summed E-state index contributed by atoms with van der Waals surface area (Å²) in [5, 5.41) is 2.84. The van der Waals surface area contributed by atoms with Crippen LogP contribution in [0, 0.1) is 0 Å². The molecule has 16 heavy (non-hydrogen) atoms. The van der Waals surface area contributed by atoms with Crippen LogP contribution in [0.1, 0.15) is 19.8 Å². The quantitative estimate of drug-likeness (QED) is 0.540. The van der Waals surface area contributed by atoms with Crippen LogP contribution in [-0.4, -0.2) is 57.2 Å². The minimum Gasteiger partial charge on any atom is -0.385 e. The summed E-state index contributed by atoms with van der Waals surface area (Å²) in [7, 11) is 3.58. The number of nitrogens with zero attached hydrogens (tertiary/aromatic N) is 1. The normalized spacial score (nSPS) is 12.8. The highest BCUT2D eigenvalue weighted by Crippen LogP contribution is 1.90. The summed E-state index contributed by atoms with van der Waals surface area (Å²) in [4.78, 5) is 13.4. The standard InChI is InChI=1S/C11H25N3O2/c1-10(12)5-7-14(2)9-11(15)13-6-4-8-16-3/h10H,4-9,12H2,1-3H3,(H,13,15). The third-order valence-electron chi connectivity index (χ3n) is 2.23. The van der Waals surface area contributed by atoms with Crippen LogP contribution in [0.5, 0.6) is 0 Å². The molecule has 1 unspecified atom stereocenters. The fraction of sp³-hybridized carbons (Fsp3) is 0.909. The van der Waals surface area contributed by atoms with Crippen LogP contribution in [0.15, 0.2) is 0 Å². The monoisotopic (exact) mass is 231 g/mol. The van der Waals surface area contributed by atoms with E-state index in [1.54, 1.807) is 7.11 Å². The van der Waals surface area contributed by atoms with E-state index in [4.69, 9.17) is 10.5 Å². The van der Waals surface area contributed by atoms with Crippen LogP contribution in [0.4, 0.5) is 0 Å². The van der Waals surface area contributed by atoms with E-state index in [1.807, 2.05) is 18.9 Å². The molecule has 0 saturated carbocycles. The van der Waals surface area contributed by atoms with Gasteiger partial charge < -0.3 is 15.8 Å². The second-order valence-corrected chi connectivity index (χ2v) is 4.20. The van der Waals surface area contributed by atoms with E-state index in [-0.39, 0.29) is 11.9 Å². The van der Waals surface area contributed by atoms with Gasteiger partial charge in [0.1, 0.15) is 0 Å². The Hall–Kier alpha value is -0.650. The van der Waals surface area contributed by atoms with Crippen molar-refractivity contribution in [2.45, 2.75) is 25.8 Å². The molecule has 0 aliphatic rings. The molecule has 0 aromatic heterocycles. The van der Waals surface area contributed by atoms with E-state index in [0.717, 1.165) is 19.4 Å². The number of hydrogen-bond donors (Lipinski definition) is 2. The third kappa shape index (κ3) is 9.89. The molecule has 3 N–H and O–H groups in total. The fourth-order valence-corrected chi connectivity index (χ4v) is 1.25. The van der Waals surface area contributed by atoms with Crippen molar-refractivity contribution < 1.29 is 9.53 Å². The van der Waals surface area contributed by atoms with E-state index in [2.05, 4.69) is 5.32 Å². The van der Waals surface area contributed by atoms with Gasteiger partial charge in [-0.05, 0) is 33.4 Å². The Balaban J connectivity index is 3.46. The molecule has 0 fully saturated rings. The Bertz CT molecular complexity index is 186. The molecule has 0 radical (unpaired) electrons. The number of carbonyl (C=O) groups is 1. The molecule has 0 aromatic rings. The van der Waals surface area contributed by atoms with E-state index >= 15 is 0 Å². The first-order valence-electron chi connectivity index (χ1n) is 5.76. The first kappa shape index (κ1) is 15.3. The molecule has 96 valence electrons. The Morgan fingerprint density at radius 1 is 1.56 bits per heavy atom. The van der Waals surface area contributed by atoms with Gasteiger partial charge in [0.15, 0.2) is 0 Å². The lowest BCUT2D eigenvalue weighted by atomic mass is 10.2. The smallest absolute Gasteiger partial charge is 0.234 e. The Morgan fingerprint density at radius 3 is 2.81 bits per heavy atom. The summed E-state index contributed by atoms with van der Waals surface area (Å²) in [6.07, 6.45) is 1.76. The second kappa shape index (κ2) is 9.57. The Labute approximate surface area is 98.3 Å². The van der Waals surface area contributed by atoms with Gasteiger partial charge in [-0.25, -0.2) is 0 Å². The first-order valence-corrected chi connectivity index (χ1v) is 5.76. The molecule has 5 heteroatoms. The lowest BCUT2D eigenvalue weighted by Gasteiger charge is -2.17. The zero-order valence-corrected chi connectivity index (χ0v) is 10.7. The van der Waals surface area contributed by atoms with Crippen LogP contribution in [0.25, 0.3) is 0 Å². The Kier molecular flexibility index (Phi) is 9.18. The first-order chi connectivity index (χ1) is 7.56. The molecule has 0 saturated heterocycles. The number of nitrogens with two attached hydrogens (primary N) is 1. The molecule has 0 heterocycles. The van der Waals surface area contributed by atoms with Crippen LogP contribution in [-0.2, 0) is 9.53 Å². The molecule has 0 spiro atoms. The zero-order valence-electron chi connectivity index (χ0n) is 10.7. The van der Waals surface area contributed by atoms with Gasteiger partial charge in [-0.2, -0.15) is 0 Å². The van der Waals surface area contributed by atoms with Gasteiger partial charge in [0.2, 0.25) is 5.91 Å². The SMILES string of the molecule is COCCCNC(=O)CN(C)CCC(C)N. The number of nitrogens with one attached hydrogen (secondary N) is 1. The maximum atomic E-state index is 11.4. The minimum atomic E-state index is 0.0586. The molecule has 0 rings (SSSR count). The van der Waals surface area contributed by atoms with Gasteiger partial charge in [0.25, 0.3) is 0 Å². The average Bonchev–Trinajstić information content (AvgIpc) is 2.21. The van der Waals surface area contributed by atoms with Gasteiger partial charge in [-0.3, -0.25) is 9.69 Å². The molecular formula is C11H25N3O2. The largest absolute Gasteiger partial charge is 0.385 e. The number of amides is 1. The van der Waals surface area contributed by atoms with Gasteiger partial charge in [-0.15, -0.1) is 0 Å². The minimum absolute atomic E-state index is 0.0586. The van der Waals surface area contributed by atoms with E-state index < -0.39 is 0 Å². The van der Waals surface area contributed by atoms with Crippen LogP contribution in [0.3, 0.4) is 0 Å². The topological polar surface area (TPSA) is 67.6 Å². The van der Waals surface area contributed by atoms with Gasteiger partial charge in [0.05, 0.1) is 6.54 Å². The van der Waals surface area contributed by atoms with Crippen molar-refractivity contribution in [1.29, 1.82) is 0 Å². The highest BCUT2D eigenvalue weighted by molar-refractivity contribution is 5.77. The second-order valence-electron chi connectivity index (χ2n) is 4.20. The lowest BCUT2D eigenvalue weighted by Crippen LogP contribution is -2.37. The number of likely N-dealkylation sites (N-methyl/N-ethyl adjacent to an activating group) is 1. The van der Waals surface area contributed by atoms with Gasteiger partial charge in [-0.1, -0.05) is 0 Å². The van der Waals surface area contributed by atoms with Crippen molar-refractivity contribution in [3.8, 4) is 0 Å². The van der Waals surface area contributed by atoms with Crippen LogP contribution in [0.2, 0.25) is 0 Å². The Morgan fingerprint density at radius 2 is 2.25 bits per heavy atom. The molecule has 0 aromatic carbocycles. The molecule has 0 bridgehead atoms. The predicted octanol–water partition coefficient (Wildman–Crippen LogP) is -0.192. The van der Waals surface area contributed by atoms with Gasteiger partial charge in [0, 0.05) is 26.3 Å². The molecule has 1 atom stereocenters. The summed E-state index contributed by atoms with van der Waals surface area (Å²) in [6, 6.07) is 0.187. The highest BCUT2D eigenvalue weighted by atomic mass is 16.5. The number of ether oxygens (including phenoxy) is 1. The van der Waals surface area contributed by atoms with Crippen molar-refractivity contribution in [3.05, 3.63) is 0 Å². The van der Waals surface area contributed by atoms with Crippen LogP contribution < -0.4 is 11.1 Å². The molecular weight excluding hydrogens is 206 g/mol. The highest BCUT2D eigenvalue weighted by Gasteiger charge is 2.06. The number of rotatable bonds is 9. The molecule has 5 nitrogen and oxygen atoms in total. The van der Waals surface area contributed by atoms with E-state index in [0.29, 0.717) is 19.7 Å². The van der Waals surface area contributed by atoms with Crippen molar-refractivity contribution in [2.24, 2.45) is 5.73 Å². The summed E-state index contributed by atoms with van der Waals surface area (Å²) in [6.45, 7) is 4.61. The third-order valence-corrected chi connectivity index (χ3v) is 2.23. The number of carbonyl (C=O) groups excluding carboxylic acids is 1. The van der Waals surface area contributed by atoms with Crippen molar-refractivity contribution >= 4 is 5.91 Å². The van der Waals surface area contributed by atoms with Crippen LogP contribution >= 0.6 is 0 Å². The summed E-state index contributed by atoms with van der Waals surface area (Å²) in [5.74, 6) is 0.0586. The average molecular weight is 231 g/mol. The van der Waals surface area contributed by atoms with Crippen molar-refractivity contribution in [3.63, 3.8) is 0 Å². The summed E-state index contributed by atoms with van der Waals surface area (Å²) >= 11 is 0. The van der Waals surface area contributed by atoms with Crippen molar-refractivity contribution in [1.82, 2.24) is 10.2 Å².